The monoisotopic (exact) mass is 483 g/mol. The molecule has 0 bridgehead atoms. The van der Waals surface area contributed by atoms with E-state index in [0.717, 1.165) is 22.6 Å². The van der Waals surface area contributed by atoms with Gasteiger partial charge in [-0.1, -0.05) is 127 Å². The second-order valence-corrected chi connectivity index (χ2v) is 11.6. The van der Waals surface area contributed by atoms with Crippen LogP contribution in [0, 0.1) is 0 Å². The molecule has 0 aromatic heterocycles. The number of para-hydroxylation sites is 1. The minimum Gasteiger partial charge on any atom is -0.239 e. The summed E-state index contributed by atoms with van der Waals surface area (Å²) in [6.45, 7) is 0. The topological polar surface area (TPSA) is 28.0 Å². The zero-order valence-electron chi connectivity index (χ0n) is 19.8. The van der Waals surface area contributed by atoms with Crippen LogP contribution in [0.4, 0.5) is 11.4 Å². The predicted molar refractivity (Wildman–Crippen MR) is 153 cm³/mol. The van der Waals surface area contributed by atoms with Crippen molar-refractivity contribution in [1.29, 1.82) is 0 Å². The van der Waals surface area contributed by atoms with E-state index in [9.17, 15) is 0 Å². The quantitative estimate of drug-likeness (QED) is 0.231. The fourth-order valence-corrected chi connectivity index (χ4v) is 8.86. The van der Waals surface area contributed by atoms with Crippen molar-refractivity contribution in [3.05, 3.63) is 163 Å². The molecule has 1 aliphatic heterocycles. The molecule has 174 valence electrons. The van der Waals surface area contributed by atoms with Crippen molar-refractivity contribution in [1.82, 2.24) is 0 Å². The number of hydrogen-bond acceptors (Lipinski definition) is 2. The first-order valence-electron chi connectivity index (χ1n) is 12.1. The van der Waals surface area contributed by atoms with Crippen LogP contribution in [-0.4, -0.2) is 5.71 Å². The summed E-state index contributed by atoms with van der Waals surface area (Å²) < 4.78 is 7.91. The van der Waals surface area contributed by atoms with Crippen molar-refractivity contribution in [3.8, 4) is 0 Å². The van der Waals surface area contributed by atoms with Crippen LogP contribution in [-0.2, 0) is 0 Å². The van der Waals surface area contributed by atoms with E-state index in [1.807, 2.05) is 12.1 Å². The SMILES string of the molecule is c1ccc(N=[P@]2(c3ccccc3)[C@@H](c3ccccc3)C(c3ccccc3)=NN2c2ccccc2)cc1. The molecule has 6 rings (SSSR count). The third-order valence-electron chi connectivity index (χ3n) is 6.44. The Morgan fingerprint density at radius 3 is 1.67 bits per heavy atom. The lowest BCUT2D eigenvalue weighted by Crippen LogP contribution is -2.22. The van der Waals surface area contributed by atoms with E-state index in [1.165, 1.54) is 10.9 Å². The van der Waals surface area contributed by atoms with Crippen molar-refractivity contribution < 1.29 is 0 Å². The highest BCUT2D eigenvalue weighted by Crippen LogP contribution is 2.70. The highest BCUT2D eigenvalue weighted by atomic mass is 31.2. The van der Waals surface area contributed by atoms with Crippen LogP contribution in [0.1, 0.15) is 16.8 Å². The lowest BCUT2D eigenvalue weighted by molar-refractivity contribution is 1.20. The first-order valence-corrected chi connectivity index (χ1v) is 13.9. The van der Waals surface area contributed by atoms with Crippen molar-refractivity contribution in [2.45, 2.75) is 5.66 Å². The molecule has 0 aliphatic carbocycles. The van der Waals surface area contributed by atoms with Gasteiger partial charge in [-0.3, -0.25) is 0 Å². The minimum atomic E-state index is -2.55. The first kappa shape index (κ1) is 22.3. The summed E-state index contributed by atoms with van der Waals surface area (Å²) in [6, 6.07) is 52.8. The Balaban J connectivity index is 1.74. The average Bonchev–Trinajstić information content (AvgIpc) is 3.31. The average molecular weight is 484 g/mol. The maximum atomic E-state index is 5.67. The number of nitrogens with zero attached hydrogens (tertiary/aromatic N) is 3. The molecular weight excluding hydrogens is 457 g/mol. The highest BCUT2D eigenvalue weighted by Gasteiger charge is 2.48. The normalized spacial score (nSPS) is 19.1. The van der Waals surface area contributed by atoms with Crippen LogP contribution >= 0.6 is 7.21 Å². The van der Waals surface area contributed by atoms with Crippen molar-refractivity contribution in [2.24, 2.45) is 9.85 Å². The molecule has 2 atom stereocenters. The van der Waals surface area contributed by atoms with Gasteiger partial charge in [0.15, 0.2) is 0 Å². The van der Waals surface area contributed by atoms with Crippen molar-refractivity contribution in [2.75, 3.05) is 4.78 Å². The van der Waals surface area contributed by atoms with E-state index in [4.69, 9.17) is 9.85 Å². The second kappa shape index (κ2) is 9.81. The molecule has 5 aromatic rings. The number of hydrazone groups is 1. The zero-order chi connectivity index (χ0) is 24.2. The van der Waals surface area contributed by atoms with Crippen LogP contribution in [0.2, 0.25) is 0 Å². The van der Waals surface area contributed by atoms with Gasteiger partial charge >= 0.3 is 0 Å². The van der Waals surface area contributed by atoms with Gasteiger partial charge in [0, 0.05) is 5.30 Å². The predicted octanol–water partition coefficient (Wildman–Crippen LogP) is 8.43. The molecule has 0 fully saturated rings. The Kier molecular flexibility index (Phi) is 6.07. The highest BCUT2D eigenvalue weighted by molar-refractivity contribution is 7.77. The van der Waals surface area contributed by atoms with E-state index in [1.54, 1.807) is 0 Å². The summed E-state index contributed by atoms with van der Waals surface area (Å²) in [7, 11) is -2.55. The Bertz CT molecular complexity index is 1520. The lowest BCUT2D eigenvalue weighted by atomic mass is 10.0. The largest absolute Gasteiger partial charge is 0.239 e. The fourth-order valence-electron chi connectivity index (χ4n) is 4.86. The molecule has 3 nitrogen and oxygen atoms in total. The molecule has 0 saturated heterocycles. The summed E-state index contributed by atoms with van der Waals surface area (Å²) in [4.78, 5) is 0. The third kappa shape index (κ3) is 3.98. The van der Waals surface area contributed by atoms with E-state index in [-0.39, 0.29) is 5.66 Å². The molecule has 4 heteroatoms. The minimum absolute atomic E-state index is 0.0380. The van der Waals surface area contributed by atoms with E-state index < -0.39 is 7.21 Å². The summed E-state index contributed by atoms with van der Waals surface area (Å²) in [5, 5.41) is 6.61. The van der Waals surface area contributed by atoms with Gasteiger partial charge in [0.25, 0.3) is 0 Å². The smallest absolute Gasteiger partial charge is 0.123 e. The summed E-state index contributed by atoms with van der Waals surface area (Å²) in [5.74, 6) is 0. The molecule has 0 radical (unpaired) electrons. The zero-order valence-corrected chi connectivity index (χ0v) is 20.7. The molecule has 36 heavy (non-hydrogen) atoms. The first-order chi connectivity index (χ1) is 17.9. The molecular formula is C32H26N3P. The van der Waals surface area contributed by atoms with Crippen molar-refractivity contribution >= 4 is 29.6 Å². The van der Waals surface area contributed by atoms with Gasteiger partial charge in [-0.25, -0.2) is 9.52 Å². The van der Waals surface area contributed by atoms with Crippen LogP contribution in [0.5, 0.6) is 0 Å². The van der Waals surface area contributed by atoms with E-state index in [0.29, 0.717) is 0 Å². The van der Waals surface area contributed by atoms with Crippen molar-refractivity contribution in [3.63, 3.8) is 0 Å². The second-order valence-electron chi connectivity index (χ2n) is 8.71. The van der Waals surface area contributed by atoms with Gasteiger partial charge in [-0.15, -0.1) is 0 Å². The van der Waals surface area contributed by atoms with Crippen LogP contribution in [0.15, 0.2) is 162 Å². The standard InChI is InChI=1S/C32H26N3P/c1-6-16-26(17-7-1)31-32(27-18-8-2-9-19-27)36(30-24-14-5-15-25-30,34-28-20-10-3-11-21-28)35(33-31)29-22-12-4-13-23-29/h1-25,32H/t32-,36-/m0/s1. The van der Waals surface area contributed by atoms with Crippen LogP contribution < -0.4 is 10.1 Å². The molecule has 5 aromatic carbocycles. The maximum Gasteiger partial charge on any atom is 0.123 e. The van der Waals surface area contributed by atoms with Gasteiger partial charge in [0.2, 0.25) is 0 Å². The summed E-state index contributed by atoms with van der Waals surface area (Å²) in [6.07, 6.45) is 0. The number of rotatable bonds is 5. The van der Waals surface area contributed by atoms with E-state index >= 15 is 0 Å². The van der Waals surface area contributed by atoms with E-state index in [2.05, 4.69) is 144 Å². The Morgan fingerprint density at radius 1 is 0.556 bits per heavy atom. The maximum absolute atomic E-state index is 5.67. The van der Waals surface area contributed by atoms with Crippen LogP contribution in [0.3, 0.4) is 0 Å². The molecule has 0 unspecified atom stereocenters. The summed E-state index contributed by atoms with van der Waals surface area (Å²) >= 11 is 0. The Morgan fingerprint density at radius 2 is 1.06 bits per heavy atom. The molecule has 1 aliphatic rings. The van der Waals surface area contributed by atoms with Crippen LogP contribution in [0.25, 0.3) is 0 Å². The van der Waals surface area contributed by atoms with Gasteiger partial charge in [0.05, 0.1) is 22.7 Å². The molecule has 0 amide bonds. The summed E-state index contributed by atoms with van der Waals surface area (Å²) in [5.41, 5.74) is 5.34. The Labute approximate surface area is 212 Å². The van der Waals surface area contributed by atoms with Gasteiger partial charge in [-0.05, 0) is 35.4 Å². The van der Waals surface area contributed by atoms with Gasteiger partial charge in [-0.2, -0.15) is 5.10 Å². The lowest BCUT2D eigenvalue weighted by Gasteiger charge is -2.35. The molecule has 0 N–H and O–H groups in total. The number of benzene rings is 5. The van der Waals surface area contributed by atoms with Gasteiger partial charge in [0.1, 0.15) is 7.21 Å². The fraction of sp³-hybridized carbons (Fsp3) is 0.0312. The molecule has 0 saturated carbocycles. The number of anilines is 1. The Hall–Kier alpha value is -4.20. The molecule has 1 heterocycles. The molecule has 0 spiro atoms. The third-order valence-corrected chi connectivity index (χ3v) is 10.2. The van der Waals surface area contributed by atoms with Gasteiger partial charge < -0.3 is 0 Å². The number of hydrogen-bond donors (Lipinski definition) is 0.